The Morgan fingerprint density at radius 1 is 1.28 bits per heavy atom. The van der Waals surface area contributed by atoms with E-state index in [0.717, 1.165) is 26.9 Å². The molecule has 6 nitrogen and oxygen atoms in total. The molecule has 0 aliphatic heterocycles. The van der Waals surface area contributed by atoms with Crippen LogP contribution in [0.5, 0.6) is 0 Å². The Morgan fingerprint density at radius 3 is 2.92 bits per heavy atom. The summed E-state index contributed by atoms with van der Waals surface area (Å²) in [5, 5.41) is 12.7. The highest BCUT2D eigenvalue weighted by Crippen LogP contribution is 2.28. The van der Waals surface area contributed by atoms with Gasteiger partial charge in [-0.15, -0.1) is 11.3 Å². The van der Waals surface area contributed by atoms with Gasteiger partial charge in [0.2, 0.25) is 5.95 Å². The molecule has 0 aliphatic rings. The molecule has 7 heteroatoms. The van der Waals surface area contributed by atoms with Crippen molar-refractivity contribution in [2.75, 3.05) is 5.73 Å². The monoisotopic (exact) mass is 349 g/mol. The van der Waals surface area contributed by atoms with Crippen LogP contribution in [-0.4, -0.2) is 30.2 Å². The van der Waals surface area contributed by atoms with E-state index >= 15 is 0 Å². The highest BCUT2D eigenvalue weighted by atomic mass is 32.1. The van der Waals surface area contributed by atoms with E-state index in [0.29, 0.717) is 5.69 Å². The number of thiophene rings is 1. The van der Waals surface area contributed by atoms with E-state index in [4.69, 9.17) is 5.73 Å². The molecule has 4 aromatic heterocycles. The number of rotatable bonds is 1. The number of pyridine rings is 1. The lowest BCUT2D eigenvalue weighted by Gasteiger charge is -2.07. The van der Waals surface area contributed by atoms with Crippen molar-refractivity contribution in [1.82, 2.24) is 19.5 Å². The van der Waals surface area contributed by atoms with Crippen LogP contribution in [-0.2, 0) is 0 Å². The molecule has 0 amide bonds. The molecule has 4 aromatic rings. The second-order valence-electron chi connectivity index (χ2n) is 6.16. The first-order valence-corrected chi connectivity index (χ1v) is 8.52. The predicted molar refractivity (Wildman–Crippen MR) is 99.6 cm³/mol. The van der Waals surface area contributed by atoms with Crippen LogP contribution in [0, 0.1) is 11.8 Å². The molecule has 0 aromatic carbocycles. The van der Waals surface area contributed by atoms with E-state index in [1.807, 2.05) is 34.3 Å². The fourth-order valence-electron chi connectivity index (χ4n) is 2.53. The minimum atomic E-state index is -1.07. The quantitative estimate of drug-likeness (QED) is 0.516. The maximum atomic E-state index is 9.77. The van der Waals surface area contributed by atoms with Crippen molar-refractivity contribution in [1.29, 1.82) is 0 Å². The molecule has 3 N–H and O–H groups in total. The largest absolute Gasteiger partial charge is 0.378 e. The van der Waals surface area contributed by atoms with Crippen LogP contribution >= 0.6 is 11.3 Å². The molecule has 0 bridgehead atoms. The minimum absolute atomic E-state index is 0.235. The van der Waals surface area contributed by atoms with Crippen LogP contribution in [0.1, 0.15) is 19.5 Å². The fraction of sp³-hybridized carbons (Fsp3) is 0.167. The first-order valence-electron chi connectivity index (χ1n) is 7.64. The average molecular weight is 349 g/mol. The van der Waals surface area contributed by atoms with Gasteiger partial charge in [0.25, 0.3) is 0 Å². The zero-order valence-corrected chi connectivity index (χ0v) is 14.5. The summed E-state index contributed by atoms with van der Waals surface area (Å²) >= 11 is 1.57. The van der Waals surface area contributed by atoms with Gasteiger partial charge in [0.15, 0.2) is 5.82 Å². The van der Waals surface area contributed by atoms with Gasteiger partial charge in [0.05, 0.1) is 15.7 Å². The summed E-state index contributed by atoms with van der Waals surface area (Å²) in [6, 6.07) is 5.77. The first-order chi connectivity index (χ1) is 11.9. The Labute approximate surface area is 148 Å². The number of aliphatic hydroxyl groups is 1. The molecule has 0 saturated heterocycles. The molecule has 25 heavy (non-hydrogen) atoms. The number of nitrogens with zero attached hydrogens (tertiary/aromatic N) is 4. The normalized spacial score (nSPS) is 11.6. The fourth-order valence-corrected chi connectivity index (χ4v) is 3.34. The van der Waals surface area contributed by atoms with E-state index in [2.05, 4.69) is 26.8 Å². The smallest absolute Gasteiger partial charge is 0.222 e. The standard InChI is InChI=1S/C18H15N5OS/c1-18(2,24)6-3-12-9-14-11(10-20-12)4-7-23(14)16-15-13(5-8-25-15)21-17(19)22-16/h4-5,7-10,24H,1-2H3,(H2,19,21,22). The minimum Gasteiger partial charge on any atom is -0.378 e. The van der Waals surface area contributed by atoms with E-state index in [9.17, 15) is 5.11 Å². The number of hydrogen-bond donors (Lipinski definition) is 2. The zero-order chi connectivity index (χ0) is 17.6. The summed E-state index contributed by atoms with van der Waals surface area (Å²) < 4.78 is 2.93. The summed E-state index contributed by atoms with van der Waals surface area (Å²) in [6.07, 6.45) is 3.69. The lowest BCUT2D eigenvalue weighted by Crippen LogP contribution is -2.14. The number of nitrogens with two attached hydrogens (primary N) is 1. The molecule has 124 valence electrons. The second-order valence-corrected chi connectivity index (χ2v) is 7.08. The lowest BCUT2D eigenvalue weighted by molar-refractivity contribution is 0.143. The van der Waals surface area contributed by atoms with Gasteiger partial charge in [-0.25, -0.2) is 9.97 Å². The summed E-state index contributed by atoms with van der Waals surface area (Å²) in [7, 11) is 0. The van der Waals surface area contributed by atoms with Crippen molar-refractivity contribution in [3.8, 4) is 17.7 Å². The Balaban J connectivity index is 1.92. The third-order valence-electron chi connectivity index (χ3n) is 3.60. The number of nitrogen functional groups attached to an aromatic ring is 1. The van der Waals surface area contributed by atoms with E-state index in [1.54, 1.807) is 31.4 Å². The summed E-state index contributed by atoms with van der Waals surface area (Å²) in [4.78, 5) is 13.0. The number of anilines is 1. The lowest BCUT2D eigenvalue weighted by atomic mass is 10.1. The third-order valence-corrected chi connectivity index (χ3v) is 4.50. The Kier molecular flexibility index (Phi) is 3.46. The summed E-state index contributed by atoms with van der Waals surface area (Å²) in [5.41, 5.74) is 7.13. The highest BCUT2D eigenvalue weighted by Gasteiger charge is 2.13. The van der Waals surface area contributed by atoms with Crippen molar-refractivity contribution in [3.05, 3.63) is 41.7 Å². The van der Waals surface area contributed by atoms with E-state index in [-0.39, 0.29) is 5.95 Å². The molecule has 0 atom stereocenters. The van der Waals surface area contributed by atoms with Crippen LogP contribution in [0.25, 0.3) is 26.9 Å². The first kappa shape index (κ1) is 15.6. The van der Waals surface area contributed by atoms with Crippen LogP contribution in [0.2, 0.25) is 0 Å². The van der Waals surface area contributed by atoms with E-state index in [1.165, 1.54) is 0 Å². The molecular formula is C18H15N5OS. The van der Waals surface area contributed by atoms with Crippen LogP contribution < -0.4 is 5.73 Å². The number of aromatic nitrogens is 4. The summed E-state index contributed by atoms with van der Waals surface area (Å²) in [6.45, 7) is 3.27. The Bertz CT molecular complexity index is 1160. The molecule has 4 rings (SSSR count). The SMILES string of the molecule is CC(C)(O)C#Cc1cc2c(ccn2-c2nc(N)nc3ccsc23)cn1. The van der Waals surface area contributed by atoms with Gasteiger partial charge in [-0.05, 0) is 43.3 Å². The topological polar surface area (TPSA) is 89.8 Å². The van der Waals surface area contributed by atoms with Gasteiger partial charge >= 0.3 is 0 Å². The molecule has 0 radical (unpaired) electrons. The molecule has 0 saturated carbocycles. The van der Waals surface area contributed by atoms with Gasteiger partial charge in [-0.1, -0.05) is 5.92 Å². The Hall–Kier alpha value is -2.95. The molecule has 0 unspecified atom stereocenters. The number of hydrogen-bond acceptors (Lipinski definition) is 6. The van der Waals surface area contributed by atoms with Crippen molar-refractivity contribution < 1.29 is 5.11 Å². The van der Waals surface area contributed by atoms with Crippen LogP contribution in [0.15, 0.2) is 36.0 Å². The van der Waals surface area contributed by atoms with Crippen LogP contribution in [0.3, 0.4) is 0 Å². The third kappa shape index (κ3) is 2.93. The average Bonchev–Trinajstić information content (AvgIpc) is 3.17. The second kappa shape index (κ2) is 5.55. The van der Waals surface area contributed by atoms with Gasteiger partial charge < -0.3 is 10.8 Å². The van der Waals surface area contributed by atoms with Gasteiger partial charge in [0.1, 0.15) is 11.3 Å². The van der Waals surface area contributed by atoms with Crippen molar-refractivity contribution in [2.24, 2.45) is 0 Å². The van der Waals surface area contributed by atoms with Gasteiger partial charge in [-0.2, -0.15) is 4.98 Å². The van der Waals surface area contributed by atoms with E-state index < -0.39 is 5.60 Å². The van der Waals surface area contributed by atoms with Crippen molar-refractivity contribution >= 4 is 38.4 Å². The Morgan fingerprint density at radius 2 is 2.12 bits per heavy atom. The number of fused-ring (bicyclic) bond motifs is 2. The predicted octanol–water partition coefficient (Wildman–Crippen LogP) is 2.73. The summed E-state index contributed by atoms with van der Waals surface area (Å²) in [5.74, 6) is 6.66. The van der Waals surface area contributed by atoms with Gasteiger partial charge in [-0.3, -0.25) is 4.57 Å². The highest BCUT2D eigenvalue weighted by molar-refractivity contribution is 7.17. The maximum Gasteiger partial charge on any atom is 0.222 e. The van der Waals surface area contributed by atoms with Gasteiger partial charge in [0, 0.05) is 17.8 Å². The maximum absolute atomic E-state index is 9.77. The molecule has 0 spiro atoms. The molecule has 4 heterocycles. The zero-order valence-electron chi connectivity index (χ0n) is 13.7. The molecule has 0 aliphatic carbocycles. The molecular weight excluding hydrogens is 334 g/mol. The van der Waals surface area contributed by atoms with Crippen molar-refractivity contribution in [3.63, 3.8) is 0 Å². The van der Waals surface area contributed by atoms with Crippen molar-refractivity contribution in [2.45, 2.75) is 19.4 Å². The van der Waals surface area contributed by atoms with Crippen LogP contribution in [0.4, 0.5) is 5.95 Å². The molecule has 0 fully saturated rings.